The van der Waals surface area contributed by atoms with Crippen molar-refractivity contribution in [3.8, 4) is 5.75 Å². The molecule has 1 saturated heterocycles. The number of nitrogens with one attached hydrogen (secondary N) is 1. The van der Waals surface area contributed by atoms with E-state index in [9.17, 15) is 9.18 Å². The summed E-state index contributed by atoms with van der Waals surface area (Å²) >= 11 is 0. The summed E-state index contributed by atoms with van der Waals surface area (Å²) in [5, 5.41) is 3.44. The van der Waals surface area contributed by atoms with Crippen LogP contribution in [-0.4, -0.2) is 29.8 Å². The molecular formula is C29H42FNO3. The van der Waals surface area contributed by atoms with E-state index in [0.717, 1.165) is 57.1 Å². The van der Waals surface area contributed by atoms with Gasteiger partial charge >= 0.3 is 0 Å². The van der Waals surface area contributed by atoms with Gasteiger partial charge in [-0.05, 0) is 114 Å². The molecule has 0 spiro atoms. The largest absolute Gasteiger partial charge is 0.489 e. The number of hydrogen-bond donors (Lipinski definition) is 1. The third kappa shape index (κ3) is 5.19. The van der Waals surface area contributed by atoms with Gasteiger partial charge in [0.15, 0.2) is 0 Å². The molecule has 3 aliphatic carbocycles. The Labute approximate surface area is 204 Å². The van der Waals surface area contributed by atoms with Crippen LogP contribution >= 0.6 is 0 Å². The summed E-state index contributed by atoms with van der Waals surface area (Å²) in [6.45, 7) is 10.7. The predicted molar refractivity (Wildman–Crippen MR) is 134 cm³/mol. The summed E-state index contributed by atoms with van der Waals surface area (Å²) in [6, 6.07) is 8.53. The third-order valence-corrected chi connectivity index (χ3v) is 8.59. The Morgan fingerprint density at radius 2 is 1.59 bits per heavy atom. The van der Waals surface area contributed by atoms with Crippen LogP contribution in [0.3, 0.4) is 0 Å². The first-order chi connectivity index (χ1) is 16.0. The first kappa shape index (κ1) is 25.2. The molecule has 1 aromatic carbocycles. The smallest absolute Gasteiger partial charge is 0.226 e. The van der Waals surface area contributed by atoms with Gasteiger partial charge in [0.2, 0.25) is 5.91 Å². The van der Waals surface area contributed by atoms with Gasteiger partial charge in [-0.25, -0.2) is 4.39 Å². The number of carbonyl (C=O) groups excluding carboxylic acids is 1. The van der Waals surface area contributed by atoms with Crippen LogP contribution in [0.25, 0.3) is 0 Å². The maximum atomic E-state index is 13.5. The second kappa shape index (κ2) is 9.29. The molecule has 4 aliphatic rings. The highest BCUT2D eigenvalue weighted by molar-refractivity contribution is 5.83. The SMILES string of the molecule is CC/C(=C\F)COc1ccc(C23CCC(C(=O)NC4CC(C)(C)OC(C)(C)C4)(CC2)CC3)cc1. The molecule has 5 rings (SSSR count). The van der Waals surface area contributed by atoms with E-state index in [4.69, 9.17) is 9.47 Å². The van der Waals surface area contributed by atoms with E-state index in [1.54, 1.807) is 0 Å². The average molecular weight is 472 g/mol. The second-order valence-corrected chi connectivity index (χ2v) is 12.2. The van der Waals surface area contributed by atoms with E-state index in [1.807, 2.05) is 19.1 Å². The summed E-state index contributed by atoms with van der Waals surface area (Å²) in [5.41, 5.74) is 1.51. The molecule has 0 radical (unpaired) electrons. The maximum absolute atomic E-state index is 13.5. The Balaban J connectivity index is 1.37. The standard InChI is InChI=1S/C29H42FNO3/c1-6-21(19-30)20-33-24-9-7-22(8-10-24)28-11-14-29(15-12-28,16-13-28)25(32)31-23-17-26(2,3)34-27(4,5)18-23/h7-10,19,23H,6,11-18,20H2,1-5H3,(H,31,32)/b21-19+. The van der Waals surface area contributed by atoms with Gasteiger partial charge in [-0.1, -0.05) is 19.1 Å². The topological polar surface area (TPSA) is 47.6 Å². The molecule has 4 nitrogen and oxygen atoms in total. The van der Waals surface area contributed by atoms with E-state index in [1.165, 1.54) is 5.56 Å². The quantitative estimate of drug-likeness (QED) is 0.477. The number of fused-ring (bicyclic) bond motifs is 3. The molecule has 1 amide bonds. The molecule has 0 unspecified atom stereocenters. The number of carbonyl (C=O) groups is 1. The van der Waals surface area contributed by atoms with Crippen molar-refractivity contribution >= 4 is 5.91 Å². The third-order valence-electron chi connectivity index (χ3n) is 8.59. The van der Waals surface area contributed by atoms with Crippen molar-refractivity contribution in [2.45, 2.75) is 115 Å². The normalized spacial score (nSPS) is 30.7. The lowest BCUT2D eigenvalue weighted by Gasteiger charge is -2.53. The van der Waals surface area contributed by atoms with E-state index in [2.05, 4.69) is 45.1 Å². The van der Waals surface area contributed by atoms with Crippen LogP contribution in [0.5, 0.6) is 5.75 Å². The molecule has 0 aromatic heterocycles. The Bertz CT molecular complexity index is 877. The van der Waals surface area contributed by atoms with Crippen LogP contribution in [0.4, 0.5) is 4.39 Å². The lowest BCUT2D eigenvalue weighted by Crippen LogP contribution is -2.57. The van der Waals surface area contributed by atoms with Crippen LogP contribution in [-0.2, 0) is 14.9 Å². The minimum absolute atomic E-state index is 0.163. The fourth-order valence-corrected chi connectivity index (χ4v) is 6.78. The molecular weight excluding hydrogens is 429 g/mol. The molecule has 2 bridgehead atoms. The molecule has 1 N–H and O–H groups in total. The van der Waals surface area contributed by atoms with Gasteiger partial charge in [0.25, 0.3) is 0 Å². The molecule has 1 aliphatic heterocycles. The lowest BCUT2D eigenvalue weighted by molar-refractivity contribution is -0.168. The van der Waals surface area contributed by atoms with Gasteiger partial charge in [0, 0.05) is 11.5 Å². The highest BCUT2D eigenvalue weighted by Gasteiger charge is 2.53. The molecule has 5 heteroatoms. The zero-order valence-corrected chi connectivity index (χ0v) is 21.6. The monoisotopic (exact) mass is 471 g/mol. The van der Waals surface area contributed by atoms with E-state index >= 15 is 0 Å². The predicted octanol–water partition coefficient (Wildman–Crippen LogP) is 6.77. The van der Waals surface area contributed by atoms with Gasteiger partial charge in [0.05, 0.1) is 17.5 Å². The summed E-state index contributed by atoms with van der Waals surface area (Å²) in [5.74, 6) is 1.03. The van der Waals surface area contributed by atoms with E-state index in [0.29, 0.717) is 18.3 Å². The van der Waals surface area contributed by atoms with E-state index in [-0.39, 0.29) is 40.6 Å². The minimum Gasteiger partial charge on any atom is -0.489 e. The van der Waals surface area contributed by atoms with Gasteiger partial charge < -0.3 is 14.8 Å². The molecule has 1 aromatic rings. The summed E-state index contributed by atoms with van der Waals surface area (Å²) in [4.78, 5) is 13.5. The second-order valence-electron chi connectivity index (χ2n) is 12.2. The number of ether oxygens (including phenoxy) is 2. The molecule has 0 atom stereocenters. The van der Waals surface area contributed by atoms with Gasteiger partial charge in [-0.2, -0.15) is 0 Å². The van der Waals surface area contributed by atoms with Gasteiger partial charge in [-0.15, -0.1) is 0 Å². The Morgan fingerprint density at radius 3 is 2.09 bits per heavy atom. The van der Waals surface area contributed by atoms with Crippen molar-refractivity contribution in [2.75, 3.05) is 6.61 Å². The Morgan fingerprint density at radius 1 is 1.03 bits per heavy atom. The summed E-state index contributed by atoms with van der Waals surface area (Å²) in [6.07, 6.45) is 9.02. The van der Waals surface area contributed by atoms with Crippen LogP contribution in [0.2, 0.25) is 0 Å². The minimum atomic E-state index is -0.220. The maximum Gasteiger partial charge on any atom is 0.226 e. The van der Waals surface area contributed by atoms with Crippen LogP contribution in [0.1, 0.15) is 98.0 Å². The molecule has 188 valence electrons. The van der Waals surface area contributed by atoms with Crippen molar-refractivity contribution in [2.24, 2.45) is 5.41 Å². The van der Waals surface area contributed by atoms with Gasteiger partial charge in [-0.3, -0.25) is 4.79 Å². The molecule has 3 saturated carbocycles. The van der Waals surface area contributed by atoms with Crippen LogP contribution in [0, 0.1) is 5.41 Å². The molecule has 4 fully saturated rings. The zero-order valence-electron chi connectivity index (χ0n) is 21.6. The number of benzene rings is 1. The number of hydrogen-bond acceptors (Lipinski definition) is 3. The van der Waals surface area contributed by atoms with Crippen LogP contribution < -0.4 is 10.1 Å². The zero-order chi connectivity index (χ0) is 24.6. The average Bonchev–Trinajstić information content (AvgIpc) is 2.79. The number of rotatable bonds is 7. The highest BCUT2D eigenvalue weighted by atomic mass is 19.1. The van der Waals surface area contributed by atoms with Crippen molar-refractivity contribution in [3.63, 3.8) is 0 Å². The fraction of sp³-hybridized carbons (Fsp3) is 0.690. The van der Waals surface area contributed by atoms with Crippen molar-refractivity contribution in [1.29, 1.82) is 0 Å². The van der Waals surface area contributed by atoms with Crippen LogP contribution in [0.15, 0.2) is 36.2 Å². The molecule has 34 heavy (non-hydrogen) atoms. The van der Waals surface area contributed by atoms with Crippen molar-refractivity contribution < 1.29 is 18.7 Å². The van der Waals surface area contributed by atoms with E-state index < -0.39 is 0 Å². The first-order valence-electron chi connectivity index (χ1n) is 13.0. The first-order valence-corrected chi connectivity index (χ1v) is 13.0. The lowest BCUT2D eigenvalue weighted by atomic mass is 9.51. The Kier molecular flexibility index (Phi) is 6.89. The van der Waals surface area contributed by atoms with Crippen molar-refractivity contribution in [1.82, 2.24) is 5.32 Å². The van der Waals surface area contributed by atoms with Gasteiger partial charge in [0.1, 0.15) is 12.4 Å². The Hall–Kier alpha value is -1.88. The fourth-order valence-electron chi connectivity index (χ4n) is 6.78. The van der Waals surface area contributed by atoms with Crippen molar-refractivity contribution in [3.05, 3.63) is 41.7 Å². The highest BCUT2D eigenvalue weighted by Crippen LogP contribution is 2.58. The number of amides is 1. The molecule has 1 heterocycles. The summed E-state index contributed by atoms with van der Waals surface area (Å²) < 4.78 is 24.7. The number of halogens is 1. The summed E-state index contributed by atoms with van der Waals surface area (Å²) in [7, 11) is 0.